The van der Waals surface area contributed by atoms with Crippen molar-refractivity contribution in [2.45, 2.75) is 51.9 Å². The molecule has 0 aliphatic heterocycles. The summed E-state index contributed by atoms with van der Waals surface area (Å²) in [6.45, 7) is 2.19. The van der Waals surface area contributed by atoms with E-state index in [4.69, 9.17) is 5.11 Å². The Morgan fingerprint density at radius 3 is 2.13 bits per heavy atom. The van der Waals surface area contributed by atoms with Crippen molar-refractivity contribution in [1.82, 2.24) is 0 Å². The van der Waals surface area contributed by atoms with Crippen LogP contribution in [0.25, 0.3) is 0 Å². The number of unbranched alkanes of at least 4 members (excludes halogenated alkanes) is 6. The first-order valence-electron chi connectivity index (χ1n) is 5.73. The molecule has 0 radical (unpaired) electrons. The molecule has 0 rings (SSSR count). The highest BCUT2D eigenvalue weighted by atomic mass is 32.2. The molecule has 90 valence electrons. The third-order valence-corrected chi connectivity index (χ3v) is 3.57. The molecule has 3 nitrogen and oxygen atoms in total. The summed E-state index contributed by atoms with van der Waals surface area (Å²) in [5.41, 5.74) is 0. The summed E-state index contributed by atoms with van der Waals surface area (Å²) in [5, 5.41) is 8.39. The standard InChI is InChI=1S/C11H22O3S/c1-2-3-4-5-6-7-8-9-15(14)10-11(12)13/h2-10H2,1H3,(H,12,13). The van der Waals surface area contributed by atoms with Crippen LogP contribution in [0.3, 0.4) is 0 Å². The zero-order valence-corrected chi connectivity index (χ0v) is 10.4. The lowest BCUT2D eigenvalue weighted by Crippen LogP contribution is -2.11. The monoisotopic (exact) mass is 234 g/mol. The number of carboxylic acid groups (broad SMARTS) is 1. The lowest BCUT2D eigenvalue weighted by molar-refractivity contribution is -0.133. The predicted molar refractivity (Wildman–Crippen MR) is 63.5 cm³/mol. The average Bonchev–Trinajstić information content (AvgIpc) is 2.15. The highest BCUT2D eigenvalue weighted by molar-refractivity contribution is 7.85. The molecule has 4 heteroatoms. The molecule has 0 bridgehead atoms. The quantitative estimate of drug-likeness (QED) is 0.591. The van der Waals surface area contributed by atoms with Gasteiger partial charge in [-0.1, -0.05) is 45.4 Å². The van der Waals surface area contributed by atoms with Crippen molar-refractivity contribution >= 4 is 16.8 Å². The molecule has 0 aromatic carbocycles. The molecular formula is C11H22O3S. The van der Waals surface area contributed by atoms with Crippen LogP contribution in [0.1, 0.15) is 51.9 Å². The molecule has 1 atom stereocenters. The van der Waals surface area contributed by atoms with Gasteiger partial charge in [-0.2, -0.15) is 0 Å². The minimum atomic E-state index is -1.16. The number of carboxylic acids is 1. The Labute approximate surface area is 94.7 Å². The maximum atomic E-state index is 11.1. The smallest absolute Gasteiger partial charge is 0.316 e. The van der Waals surface area contributed by atoms with Gasteiger partial charge in [0.2, 0.25) is 0 Å². The van der Waals surface area contributed by atoms with Crippen LogP contribution < -0.4 is 0 Å². The van der Waals surface area contributed by atoms with Gasteiger partial charge in [0.05, 0.1) is 0 Å². The normalized spacial score (nSPS) is 12.6. The number of carbonyl (C=O) groups is 1. The molecule has 0 aromatic rings. The number of aliphatic carboxylic acids is 1. The summed E-state index contributed by atoms with van der Waals surface area (Å²) >= 11 is 0. The van der Waals surface area contributed by atoms with Crippen LogP contribution in [-0.2, 0) is 15.6 Å². The van der Waals surface area contributed by atoms with Gasteiger partial charge in [0, 0.05) is 16.6 Å². The van der Waals surface area contributed by atoms with Crippen LogP contribution in [0.15, 0.2) is 0 Å². The third-order valence-electron chi connectivity index (χ3n) is 2.26. The molecule has 0 heterocycles. The van der Waals surface area contributed by atoms with E-state index < -0.39 is 16.8 Å². The molecule has 0 aliphatic carbocycles. The summed E-state index contributed by atoms with van der Waals surface area (Å²) in [6, 6.07) is 0. The third kappa shape index (κ3) is 11.5. The van der Waals surface area contributed by atoms with Crippen LogP contribution in [0, 0.1) is 0 Å². The Bertz CT molecular complexity index is 192. The van der Waals surface area contributed by atoms with Gasteiger partial charge in [-0.25, -0.2) is 0 Å². The van der Waals surface area contributed by atoms with E-state index in [1.807, 2.05) is 0 Å². The van der Waals surface area contributed by atoms with Crippen molar-refractivity contribution in [2.24, 2.45) is 0 Å². The van der Waals surface area contributed by atoms with Gasteiger partial charge in [0.25, 0.3) is 0 Å². The lowest BCUT2D eigenvalue weighted by atomic mass is 10.1. The van der Waals surface area contributed by atoms with Crippen molar-refractivity contribution in [2.75, 3.05) is 11.5 Å². The van der Waals surface area contributed by atoms with Crippen molar-refractivity contribution in [1.29, 1.82) is 0 Å². The SMILES string of the molecule is CCCCCCCCCS(=O)CC(=O)O. The summed E-state index contributed by atoms with van der Waals surface area (Å²) in [4.78, 5) is 10.2. The summed E-state index contributed by atoms with van der Waals surface area (Å²) in [5.74, 6) is -0.619. The van der Waals surface area contributed by atoms with Gasteiger partial charge in [-0.3, -0.25) is 9.00 Å². The second kappa shape index (κ2) is 10.1. The first-order valence-corrected chi connectivity index (χ1v) is 7.22. The first kappa shape index (κ1) is 14.6. The van der Waals surface area contributed by atoms with Gasteiger partial charge in [-0.15, -0.1) is 0 Å². The molecule has 0 amide bonds. The molecular weight excluding hydrogens is 212 g/mol. The highest BCUT2D eigenvalue weighted by Crippen LogP contribution is 2.07. The summed E-state index contributed by atoms with van der Waals surface area (Å²) < 4.78 is 11.1. The molecule has 0 saturated carbocycles. The highest BCUT2D eigenvalue weighted by Gasteiger charge is 2.04. The van der Waals surface area contributed by atoms with Gasteiger partial charge in [0.1, 0.15) is 5.75 Å². The van der Waals surface area contributed by atoms with Gasteiger partial charge in [0.15, 0.2) is 0 Å². The minimum absolute atomic E-state index is 0.199. The van der Waals surface area contributed by atoms with Gasteiger partial charge in [-0.05, 0) is 6.42 Å². The van der Waals surface area contributed by atoms with Crippen LogP contribution >= 0.6 is 0 Å². The van der Waals surface area contributed by atoms with Crippen LogP contribution in [0.2, 0.25) is 0 Å². The Morgan fingerprint density at radius 1 is 1.07 bits per heavy atom. The van der Waals surface area contributed by atoms with Crippen molar-refractivity contribution in [3.8, 4) is 0 Å². The molecule has 15 heavy (non-hydrogen) atoms. The number of rotatable bonds is 10. The van der Waals surface area contributed by atoms with Crippen molar-refractivity contribution in [3.05, 3.63) is 0 Å². The van der Waals surface area contributed by atoms with Crippen LogP contribution in [-0.4, -0.2) is 26.8 Å². The predicted octanol–water partition coefficient (Wildman–Crippen LogP) is 2.57. The van der Waals surface area contributed by atoms with Crippen LogP contribution in [0.5, 0.6) is 0 Å². The molecule has 0 fully saturated rings. The first-order chi connectivity index (χ1) is 7.16. The Balaban J connectivity index is 3.16. The fraction of sp³-hybridized carbons (Fsp3) is 0.909. The second-order valence-corrected chi connectivity index (χ2v) is 5.38. The Morgan fingerprint density at radius 2 is 1.60 bits per heavy atom. The van der Waals surface area contributed by atoms with E-state index in [1.165, 1.54) is 32.1 Å². The number of hydrogen-bond acceptors (Lipinski definition) is 2. The molecule has 1 unspecified atom stereocenters. The van der Waals surface area contributed by atoms with E-state index in [0.717, 1.165) is 12.8 Å². The van der Waals surface area contributed by atoms with Crippen molar-refractivity contribution in [3.63, 3.8) is 0 Å². The van der Waals surface area contributed by atoms with E-state index in [-0.39, 0.29) is 5.75 Å². The Hall–Kier alpha value is -0.380. The fourth-order valence-corrected chi connectivity index (χ4v) is 2.38. The molecule has 1 N–H and O–H groups in total. The van der Waals surface area contributed by atoms with E-state index in [2.05, 4.69) is 6.92 Å². The second-order valence-electron chi connectivity index (χ2n) is 3.80. The topological polar surface area (TPSA) is 54.4 Å². The lowest BCUT2D eigenvalue weighted by Gasteiger charge is -2.00. The summed E-state index contributed by atoms with van der Waals surface area (Å²) in [7, 11) is -1.16. The maximum absolute atomic E-state index is 11.1. The molecule has 0 aromatic heterocycles. The van der Waals surface area contributed by atoms with E-state index in [1.54, 1.807) is 0 Å². The average molecular weight is 234 g/mol. The number of hydrogen-bond donors (Lipinski definition) is 1. The maximum Gasteiger partial charge on any atom is 0.316 e. The molecule has 0 aliphatic rings. The summed E-state index contributed by atoms with van der Waals surface area (Å²) in [6.07, 6.45) is 8.24. The van der Waals surface area contributed by atoms with Crippen LogP contribution in [0.4, 0.5) is 0 Å². The Kier molecular flexibility index (Phi) is 9.89. The molecule has 0 saturated heterocycles. The fourth-order valence-electron chi connectivity index (χ4n) is 1.43. The van der Waals surface area contributed by atoms with E-state index in [9.17, 15) is 9.00 Å². The molecule has 0 spiro atoms. The zero-order valence-electron chi connectivity index (χ0n) is 9.54. The van der Waals surface area contributed by atoms with Crippen molar-refractivity contribution < 1.29 is 14.1 Å². The van der Waals surface area contributed by atoms with E-state index in [0.29, 0.717) is 5.75 Å². The van der Waals surface area contributed by atoms with Gasteiger partial charge < -0.3 is 5.11 Å². The van der Waals surface area contributed by atoms with E-state index >= 15 is 0 Å². The van der Waals surface area contributed by atoms with Gasteiger partial charge >= 0.3 is 5.97 Å². The zero-order chi connectivity index (χ0) is 11.5. The minimum Gasteiger partial charge on any atom is -0.481 e. The largest absolute Gasteiger partial charge is 0.481 e.